The molecule has 0 radical (unpaired) electrons. The number of hydrogen-bond donors (Lipinski definition) is 0. The van der Waals surface area contributed by atoms with Crippen LogP contribution in [-0.2, 0) is 0 Å². The van der Waals surface area contributed by atoms with E-state index in [1.807, 2.05) is 61.5 Å². The van der Waals surface area contributed by atoms with E-state index in [-0.39, 0.29) is 0 Å². The van der Waals surface area contributed by atoms with Crippen LogP contribution < -0.4 is 0 Å². The summed E-state index contributed by atoms with van der Waals surface area (Å²) in [4.78, 5) is 0. The van der Waals surface area contributed by atoms with Gasteiger partial charge >= 0.3 is 0 Å². The van der Waals surface area contributed by atoms with Gasteiger partial charge in [-0.1, -0.05) is 60.7 Å². The van der Waals surface area contributed by atoms with E-state index < -0.39 is 0 Å². The van der Waals surface area contributed by atoms with Crippen LogP contribution in [0, 0.1) is 6.92 Å². The van der Waals surface area contributed by atoms with Crippen LogP contribution in [0.1, 0.15) is 5.76 Å². The molecule has 0 bridgehead atoms. The van der Waals surface area contributed by atoms with Crippen LogP contribution in [0.15, 0.2) is 87.9 Å². The van der Waals surface area contributed by atoms with Crippen molar-refractivity contribution in [3.63, 3.8) is 0 Å². The van der Waals surface area contributed by atoms with Crippen molar-refractivity contribution in [2.45, 2.75) is 6.92 Å². The average molecular weight is 300 g/mol. The third-order valence-corrected chi connectivity index (χ3v) is 3.97. The fraction of sp³-hybridized carbons (Fsp3) is 0.0476. The van der Waals surface area contributed by atoms with Crippen molar-refractivity contribution in [1.29, 1.82) is 0 Å². The average Bonchev–Trinajstić information content (AvgIpc) is 3.23. The Morgan fingerprint density at radius 3 is 2.04 bits per heavy atom. The second kappa shape index (κ2) is 5.65. The van der Waals surface area contributed by atoms with Gasteiger partial charge in [0.15, 0.2) is 0 Å². The predicted molar refractivity (Wildman–Crippen MR) is 92.0 cm³/mol. The molecule has 0 spiro atoms. The Morgan fingerprint density at radius 1 is 0.696 bits per heavy atom. The minimum absolute atomic E-state index is 0.847. The number of benzene rings is 2. The monoisotopic (exact) mass is 300 g/mol. The summed E-state index contributed by atoms with van der Waals surface area (Å²) in [5.74, 6) is 2.56. The van der Waals surface area contributed by atoms with E-state index in [1.165, 1.54) is 0 Å². The van der Waals surface area contributed by atoms with Crippen LogP contribution in [0.25, 0.3) is 33.8 Å². The van der Waals surface area contributed by atoms with Gasteiger partial charge < -0.3 is 8.83 Å². The van der Waals surface area contributed by atoms with Gasteiger partial charge in [0.05, 0.1) is 11.8 Å². The van der Waals surface area contributed by atoms with Crippen molar-refractivity contribution < 1.29 is 8.83 Å². The maximum Gasteiger partial charge on any atom is 0.145 e. The summed E-state index contributed by atoms with van der Waals surface area (Å²) in [5.41, 5.74) is 4.27. The maximum absolute atomic E-state index is 5.96. The van der Waals surface area contributed by atoms with Crippen molar-refractivity contribution >= 4 is 0 Å². The van der Waals surface area contributed by atoms with Gasteiger partial charge in [-0.2, -0.15) is 0 Å². The predicted octanol–water partition coefficient (Wildman–Crippen LogP) is 6.18. The molecule has 2 heterocycles. The number of aryl methyl sites for hydroxylation is 1. The molecule has 0 aliphatic heterocycles. The molecule has 2 aromatic heterocycles. The topological polar surface area (TPSA) is 26.3 Å². The molecule has 4 rings (SSSR count). The lowest BCUT2D eigenvalue weighted by atomic mass is 10.0. The lowest BCUT2D eigenvalue weighted by Gasteiger charge is -2.01. The van der Waals surface area contributed by atoms with Crippen molar-refractivity contribution in [2.75, 3.05) is 0 Å². The van der Waals surface area contributed by atoms with Crippen LogP contribution in [0.3, 0.4) is 0 Å². The number of hydrogen-bond acceptors (Lipinski definition) is 2. The fourth-order valence-corrected chi connectivity index (χ4v) is 2.82. The largest absolute Gasteiger partial charge is 0.464 e. The van der Waals surface area contributed by atoms with E-state index in [2.05, 4.69) is 18.2 Å². The van der Waals surface area contributed by atoms with Crippen molar-refractivity contribution in [2.24, 2.45) is 0 Å². The zero-order valence-corrected chi connectivity index (χ0v) is 12.8. The maximum atomic E-state index is 5.96. The third kappa shape index (κ3) is 2.49. The Kier molecular flexibility index (Phi) is 3.35. The number of rotatable bonds is 3. The number of furan rings is 2. The normalized spacial score (nSPS) is 10.8. The molecule has 0 saturated carbocycles. The molecule has 0 N–H and O–H groups in total. The minimum Gasteiger partial charge on any atom is -0.464 e. The molecule has 0 aliphatic rings. The van der Waals surface area contributed by atoms with Crippen LogP contribution in [-0.4, -0.2) is 0 Å². The molecule has 0 amide bonds. The van der Waals surface area contributed by atoms with Gasteiger partial charge in [0.2, 0.25) is 0 Å². The van der Waals surface area contributed by atoms with Gasteiger partial charge in [0.25, 0.3) is 0 Å². The summed E-state index contributed by atoms with van der Waals surface area (Å²) in [6, 6.07) is 24.4. The Labute approximate surface area is 135 Å². The first-order valence-electron chi connectivity index (χ1n) is 7.62. The van der Waals surface area contributed by atoms with Gasteiger partial charge in [-0.15, -0.1) is 0 Å². The summed E-state index contributed by atoms with van der Waals surface area (Å²) in [5, 5.41) is 0. The first kappa shape index (κ1) is 13.6. The summed E-state index contributed by atoms with van der Waals surface area (Å²) in [6.45, 7) is 1.97. The third-order valence-electron chi connectivity index (χ3n) is 3.97. The first-order valence-corrected chi connectivity index (χ1v) is 7.62. The lowest BCUT2D eigenvalue weighted by Crippen LogP contribution is -1.79. The Balaban J connectivity index is 1.81. The molecule has 2 nitrogen and oxygen atoms in total. The highest BCUT2D eigenvalue weighted by Crippen LogP contribution is 2.38. The van der Waals surface area contributed by atoms with E-state index in [9.17, 15) is 0 Å². The highest BCUT2D eigenvalue weighted by atomic mass is 16.4. The molecular formula is C21H16O2. The summed E-state index contributed by atoms with van der Waals surface area (Å²) >= 11 is 0. The zero-order valence-electron chi connectivity index (χ0n) is 12.8. The molecule has 23 heavy (non-hydrogen) atoms. The highest BCUT2D eigenvalue weighted by molar-refractivity contribution is 5.82. The van der Waals surface area contributed by atoms with Gasteiger partial charge in [-0.05, 0) is 24.6 Å². The molecule has 0 saturated heterocycles. The van der Waals surface area contributed by atoms with E-state index in [1.54, 1.807) is 6.26 Å². The second-order valence-electron chi connectivity index (χ2n) is 5.48. The molecule has 112 valence electrons. The minimum atomic E-state index is 0.847. The van der Waals surface area contributed by atoms with Crippen molar-refractivity contribution in [3.05, 3.63) is 84.8 Å². The Hall–Kier alpha value is -3.00. The smallest absolute Gasteiger partial charge is 0.145 e. The Bertz CT molecular complexity index is 915. The highest BCUT2D eigenvalue weighted by Gasteiger charge is 2.17. The van der Waals surface area contributed by atoms with E-state index in [4.69, 9.17) is 8.83 Å². The van der Waals surface area contributed by atoms with Gasteiger partial charge in [-0.3, -0.25) is 0 Å². The zero-order chi connectivity index (χ0) is 15.6. The van der Waals surface area contributed by atoms with Gasteiger partial charge in [0.1, 0.15) is 17.3 Å². The molecule has 2 heteroatoms. The van der Waals surface area contributed by atoms with E-state index in [0.717, 1.165) is 39.5 Å². The first-order chi connectivity index (χ1) is 11.3. The van der Waals surface area contributed by atoms with Gasteiger partial charge in [0, 0.05) is 11.1 Å². The summed E-state index contributed by atoms with van der Waals surface area (Å²) < 4.78 is 11.7. The Morgan fingerprint density at radius 2 is 1.35 bits per heavy atom. The molecule has 0 aliphatic carbocycles. The molecular weight excluding hydrogens is 284 g/mol. The molecule has 0 atom stereocenters. The molecule has 2 aromatic carbocycles. The summed E-state index contributed by atoms with van der Waals surface area (Å²) in [7, 11) is 0. The SMILES string of the molecule is Cc1oc(-c2ccccc2)cc1-c1occc1-c1ccccc1. The van der Waals surface area contributed by atoms with E-state index in [0.29, 0.717) is 0 Å². The molecule has 0 unspecified atom stereocenters. The fourth-order valence-electron chi connectivity index (χ4n) is 2.82. The van der Waals surface area contributed by atoms with Crippen LogP contribution in [0.5, 0.6) is 0 Å². The van der Waals surface area contributed by atoms with Crippen molar-refractivity contribution in [1.82, 2.24) is 0 Å². The van der Waals surface area contributed by atoms with Crippen LogP contribution in [0.2, 0.25) is 0 Å². The van der Waals surface area contributed by atoms with Crippen molar-refractivity contribution in [3.8, 4) is 33.8 Å². The van der Waals surface area contributed by atoms with Crippen LogP contribution >= 0.6 is 0 Å². The standard InChI is InChI=1S/C21H16O2/c1-15-19(14-20(23-15)17-10-6-3-7-11-17)21-18(12-13-22-21)16-8-4-2-5-9-16/h2-14H,1H3. The summed E-state index contributed by atoms with van der Waals surface area (Å²) in [6.07, 6.45) is 1.73. The van der Waals surface area contributed by atoms with Gasteiger partial charge in [-0.25, -0.2) is 0 Å². The lowest BCUT2D eigenvalue weighted by molar-refractivity contribution is 0.543. The quantitative estimate of drug-likeness (QED) is 0.451. The molecule has 0 fully saturated rings. The second-order valence-corrected chi connectivity index (χ2v) is 5.48. The van der Waals surface area contributed by atoms with E-state index >= 15 is 0 Å². The molecule has 4 aromatic rings. The van der Waals surface area contributed by atoms with Crippen LogP contribution in [0.4, 0.5) is 0 Å².